The van der Waals surface area contributed by atoms with E-state index in [0.29, 0.717) is 0 Å². The number of thiol groups is 2. The molecule has 4 N–H and O–H groups in total. The molecule has 0 rings (SSSR count). The number of carbonyl (C=O) groups is 2. The molecule has 0 radical (unpaired) electrons. The van der Waals surface area contributed by atoms with Crippen molar-refractivity contribution in [3.63, 3.8) is 0 Å². The Morgan fingerprint density at radius 1 is 1.00 bits per heavy atom. The Hall–Kier alpha value is 0.0795. The van der Waals surface area contributed by atoms with Crippen molar-refractivity contribution in [2.75, 3.05) is 11.5 Å². The summed E-state index contributed by atoms with van der Waals surface area (Å²) in [7, 11) is 0. The van der Waals surface area contributed by atoms with Crippen molar-refractivity contribution in [3.05, 3.63) is 0 Å². The number of carboxylic acid groups (broad SMARTS) is 2. The van der Waals surface area contributed by atoms with Gasteiger partial charge in [-0.2, -0.15) is 25.3 Å². The smallest absolute Gasteiger partial charge is 0.548 e. The first-order valence-electron chi connectivity index (χ1n) is 3.51. The second kappa shape index (κ2) is 12.2. The third-order valence-corrected chi connectivity index (χ3v) is 1.79. The van der Waals surface area contributed by atoms with E-state index < -0.39 is 24.0 Å². The summed E-state index contributed by atoms with van der Waals surface area (Å²) in [6, 6.07) is -1.85. The summed E-state index contributed by atoms with van der Waals surface area (Å²) in [6.07, 6.45) is 0. The molecule has 15 heavy (non-hydrogen) atoms. The molecule has 0 fully saturated rings. The van der Waals surface area contributed by atoms with Crippen molar-refractivity contribution in [1.29, 1.82) is 0 Å². The molecule has 0 aliphatic rings. The van der Waals surface area contributed by atoms with Crippen LogP contribution in [0.4, 0.5) is 0 Å². The van der Waals surface area contributed by atoms with Crippen LogP contribution in [-0.2, 0) is 26.7 Å². The van der Waals surface area contributed by atoms with Crippen molar-refractivity contribution < 1.29 is 36.9 Å². The second-order valence-corrected chi connectivity index (χ2v) is 2.95. The number of hydrogen-bond donors (Lipinski definition) is 4. The van der Waals surface area contributed by atoms with Crippen LogP contribution >= 0.6 is 25.3 Å². The van der Waals surface area contributed by atoms with E-state index in [1.165, 1.54) is 0 Å². The van der Waals surface area contributed by atoms with Crippen LogP contribution in [0, 0.1) is 0 Å². The second-order valence-electron chi connectivity index (χ2n) is 2.22. The minimum Gasteiger partial charge on any atom is -0.548 e. The normalized spacial score (nSPS) is 12.5. The monoisotopic (exact) mass is 296 g/mol. The van der Waals surface area contributed by atoms with Crippen LogP contribution < -0.4 is 21.7 Å². The summed E-state index contributed by atoms with van der Waals surface area (Å²) in [5.74, 6) is -2.25. The van der Waals surface area contributed by atoms with Crippen molar-refractivity contribution >= 4 is 37.2 Å². The molecule has 9 heteroatoms. The van der Waals surface area contributed by atoms with E-state index in [9.17, 15) is 19.8 Å². The van der Waals surface area contributed by atoms with Gasteiger partial charge in [-0.05, 0) is 0 Å². The molecule has 0 saturated heterocycles. The van der Waals surface area contributed by atoms with Gasteiger partial charge in [0.25, 0.3) is 0 Å². The van der Waals surface area contributed by atoms with Gasteiger partial charge in [0, 0.05) is 11.5 Å². The van der Waals surface area contributed by atoms with Crippen molar-refractivity contribution in [1.82, 2.24) is 0 Å². The minimum atomic E-state index is -1.25. The fourth-order valence-corrected chi connectivity index (χ4v) is 0.447. The average molecular weight is 296 g/mol. The number of hydrogen-bond acceptors (Lipinski definition) is 8. The van der Waals surface area contributed by atoms with Crippen LogP contribution in [0.15, 0.2) is 0 Å². The quantitative estimate of drug-likeness (QED) is 0.309. The van der Waals surface area contributed by atoms with Crippen LogP contribution in [0.5, 0.6) is 0 Å². The Labute approximate surface area is 109 Å². The van der Waals surface area contributed by atoms with Gasteiger partial charge >= 0.3 is 17.1 Å². The average Bonchev–Trinajstić information content (AvgIpc) is 2.15. The van der Waals surface area contributed by atoms with Crippen molar-refractivity contribution in [2.24, 2.45) is 11.5 Å². The predicted octanol–water partition coefficient (Wildman–Crippen LogP) is -4.02. The van der Waals surface area contributed by atoms with Crippen LogP contribution in [-0.4, -0.2) is 35.5 Å². The molecule has 2 unspecified atom stereocenters. The maximum absolute atomic E-state index is 9.65. The Morgan fingerprint density at radius 3 is 1.20 bits per heavy atom. The van der Waals surface area contributed by atoms with Gasteiger partial charge in [-0.3, -0.25) is 0 Å². The van der Waals surface area contributed by atoms with Gasteiger partial charge in [-0.1, -0.05) is 0 Å². The Morgan fingerprint density at radius 2 is 1.20 bits per heavy atom. The van der Waals surface area contributed by atoms with Gasteiger partial charge in [0.1, 0.15) is 0 Å². The van der Waals surface area contributed by atoms with E-state index >= 15 is 0 Å². The molecule has 0 heterocycles. The molecular weight excluding hydrogens is 284 g/mol. The number of carbonyl (C=O) groups excluding carboxylic acids is 2. The van der Waals surface area contributed by atoms with Gasteiger partial charge in [0.15, 0.2) is 0 Å². The SMILES string of the molecule is NC(CS)C(=O)[O-].NC(CS)C(=O)[O-].[Fe+2]. The molecule has 6 nitrogen and oxygen atoms in total. The van der Waals surface area contributed by atoms with Crippen molar-refractivity contribution in [2.45, 2.75) is 12.1 Å². The molecule has 0 aromatic carbocycles. The molecule has 0 aromatic rings. The Bertz CT molecular complexity index is 176. The zero-order chi connectivity index (χ0) is 11.7. The molecule has 0 saturated carbocycles. The number of carboxylic acids is 2. The third-order valence-electron chi connectivity index (χ3n) is 0.999. The van der Waals surface area contributed by atoms with Gasteiger partial charge < -0.3 is 31.3 Å². The van der Waals surface area contributed by atoms with Gasteiger partial charge in [0.05, 0.1) is 24.0 Å². The van der Waals surface area contributed by atoms with Crippen LogP contribution in [0.25, 0.3) is 0 Å². The molecule has 0 aliphatic carbocycles. The largest absolute Gasteiger partial charge is 2.00 e. The molecule has 0 amide bonds. The first-order valence-corrected chi connectivity index (χ1v) is 4.77. The third kappa shape index (κ3) is 14.1. The maximum Gasteiger partial charge on any atom is 2.00 e. The summed E-state index contributed by atoms with van der Waals surface area (Å²) in [5, 5.41) is 19.3. The van der Waals surface area contributed by atoms with E-state index in [4.69, 9.17) is 11.5 Å². The van der Waals surface area contributed by atoms with Gasteiger partial charge in [0.2, 0.25) is 0 Å². The van der Waals surface area contributed by atoms with Crippen molar-refractivity contribution in [3.8, 4) is 0 Å². The molecule has 90 valence electrons. The molecule has 0 bridgehead atoms. The topological polar surface area (TPSA) is 132 Å². The van der Waals surface area contributed by atoms with Gasteiger partial charge in [-0.25, -0.2) is 0 Å². The van der Waals surface area contributed by atoms with E-state index in [0.717, 1.165) is 0 Å². The predicted molar refractivity (Wildman–Crippen MR) is 53.7 cm³/mol. The number of rotatable bonds is 4. The Balaban J connectivity index is -0.000000180. The zero-order valence-corrected chi connectivity index (χ0v) is 10.5. The Kier molecular flexibility index (Phi) is 16.6. The fraction of sp³-hybridized carbons (Fsp3) is 0.667. The minimum absolute atomic E-state index is 0. The van der Waals surface area contributed by atoms with Crippen LogP contribution in [0.2, 0.25) is 0 Å². The standard InChI is InChI=1S/2C3H7NO2S.Fe/c2*4-2(1-7)3(5)6;/h2*2,7H,1,4H2,(H,5,6);/q;;+2/p-2. The zero-order valence-electron chi connectivity index (χ0n) is 7.60. The van der Waals surface area contributed by atoms with Gasteiger partial charge in [-0.15, -0.1) is 0 Å². The number of aliphatic carboxylic acids is 2. The van der Waals surface area contributed by atoms with Crippen LogP contribution in [0.3, 0.4) is 0 Å². The van der Waals surface area contributed by atoms with E-state index in [2.05, 4.69) is 25.3 Å². The molecular formula is C6H12FeN2O4S2. The summed E-state index contributed by atoms with van der Waals surface area (Å²) in [6.45, 7) is 0. The maximum atomic E-state index is 9.65. The first kappa shape index (κ1) is 20.5. The molecule has 0 aliphatic heterocycles. The summed E-state index contributed by atoms with van der Waals surface area (Å²) >= 11 is 7.22. The summed E-state index contributed by atoms with van der Waals surface area (Å²) in [5.41, 5.74) is 9.75. The van der Waals surface area contributed by atoms with E-state index in [-0.39, 0.29) is 28.6 Å². The van der Waals surface area contributed by atoms with E-state index in [1.54, 1.807) is 0 Å². The first-order chi connectivity index (χ1) is 6.36. The summed E-state index contributed by atoms with van der Waals surface area (Å²) in [4.78, 5) is 19.3. The van der Waals surface area contributed by atoms with Crippen LogP contribution in [0.1, 0.15) is 0 Å². The molecule has 0 spiro atoms. The number of nitrogens with two attached hydrogens (primary N) is 2. The molecule has 2 atom stereocenters. The molecule has 0 aromatic heterocycles. The van der Waals surface area contributed by atoms with E-state index in [1.807, 2.05) is 0 Å². The summed E-state index contributed by atoms with van der Waals surface area (Å²) < 4.78 is 0. The fourth-order valence-electron chi connectivity index (χ4n) is 0.149.